The number of hydrazone groups is 1. The Morgan fingerprint density at radius 1 is 1.03 bits per heavy atom. The zero-order valence-corrected chi connectivity index (χ0v) is 16.1. The molecule has 0 aromatic heterocycles. The Labute approximate surface area is 170 Å². The van der Waals surface area contributed by atoms with Crippen LogP contribution in [0.4, 0.5) is 13.2 Å². The number of methoxy groups -OCH3 is 2. The predicted octanol–water partition coefficient (Wildman–Crippen LogP) is 2.97. The molecule has 0 fully saturated rings. The molecule has 10 heteroatoms. The first-order valence-corrected chi connectivity index (χ1v) is 8.79. The third-order valence-corrected chi connectivity index (χ3v) is 4.52. The van der Waals surface area contributed by atoms with Gasteiger partial charge in [0.05, 0.1) is 26.4 Å². The van der Waals surface area contributed by atoms with Crippen LogP contribution in [-0.2, 0) is 4.79 Å². The highest BCUT2D eigenvalue weighted by molar-refractivity contribution is 6.03. The minimum absolute atomic E-state index is 0.0378. The average molecular weight is 424 g/mol. The Morgan fingerprint density at radius 2 is 1.53 bits per heavy atom. The van der Waals surface area contributed by atoms with Crippen LogP contribution in [0.25, 0.3) is 0 Å². The number of rotatable bonds is 6. The van der Waals surface area contributed by atoms with Gasteiger partial charge < -0.3 is 19.3 Å². The molecule has 0 bridgehead atoms. The standard InChI is InChI=1S/C20H19F3N2O5/c1-28-14-5-3-13(4-6-14)17-11-19(27,20(21,22)23)25(24-17)18(26)12-30-16-9-7-15(29-2)8-10-16/h3-10,27H,11-12H2,1-2H3/t19-/m0/s1. The zero-order valence-electron chi connectivity index (χ0n) is 16.1. The van der Waals surface area contributed by atoms with E-state index in [1.807, 2.05) is 0 Å². The fourth-order valence-electron chi connectivity index (χ4n) is 2.85. The summed E-state index contributed by atoms with van der Waals surface area (Å²) in [5.41, 5.74) is -3.23. The van der Waals surface area contributed by atoms with Crippen molar-refractivity contribution in [2.24, 2.45) is 5.10 Å². The zero-order chi connectivity index (χ0) is 21.9. The molecule has 0 aliphatic carbocycles. The molecule has 7 nitrogen and oxygen atoms in total. The molecule has 0 spiro atoms. The lowest BCUT2D eigenvalue weighted by Crippen LogP contribution is -2.57. The summed E-state index contributed by atoms with van der Waals surface area (Å²) < 4.78 is 56.1. The van der Waals surface area contributed by atoms with Crippen LogP contribution in [0.15, 0.2) is 53.6 Å². The van der Waals surface area contributed by atoms with Crippen molar-refractivity contribution >= 4 is 11.6 Å². The molecule has 1 amide bonds. The first kappa shape index (κ1) is 21.4. The highest BCUT2D eigenvalue weighted by Crippen LogP contribution is 2.41. The van der Waals surface area contributed by atoms with Gasteiger partial charge in [-0.05, 0) is 54.1 Å². The first-order valence-electron chi connectivity index (χ1n) is 8.79. The average Bonchev–Trinajstić information content (AvgIpc) is 3.11. The van der Waals surface area contributed by atoms with Crippen molar-refractivity contribution in [2.75, 3.05) is 20.8 Å². The summed E-state index contributed by atoms with van der Waals surface area (Å²) in [4.78, 5) is 12.5. The summed E-state index contributed by atoms with van der Waals surface area (Å²) in [5, 5.41) is 14.1. The molecule has 0 saturated heterocycles. The molecular weight excluding hydrogens is 405 g/mol. The van der Waals surface area contributed by atoms with E-state index in [4.69, 9.17) is 14.2 Å². The number of carbonyl (C=O) groups excluding carboxylic acids is 1. The number of aliphatic hydroxyl groups is 1. The lowest BCUT2D eigenvalue weighted by Gasteiger charge is -2.32. The number of amides is 1. The lowest BCUT2D eigenvalue weighted by molar-refractivity contribution is -0.302. The maximum absolute atomic E-state index is 13.6. The van der Waals surface area contributed by atoms with E-state index in [9.17, 15) is 23.1 Å². The lowest BCUT2D eigenvalue weighted by atomic mass is 10.0. The second-order valence-corrected chi connectivity index (χ2v) is 6.44. The van der Waals surface area contributed by atoms with Gasteiger partial charge in [0.25, 0.3) is 11.6 Å². The van der Waals surface area contributed by atoms with Gasteiger partial charge in [0.1, 0.15) is 17.2 Å². The second-order valence-electron chi connectivity index (χ2n) is 6.44. The quantitative estimate of drug-likeness (QED) is 0.771. The largest absolute Gasteiger partial charge is 0.497 e. The molecule has 30 heavy (non-hydrogen) atoms. The van der Waals surface area contributed by atoms with Crippen LogP contribution in [0.1, 0.15) is 12.0 Å². The van der Waals surface area contributed by atoms with E-state index in [2.05, 4.69) is 5.10 Å². The van der Waals surface area contributed by atoms with Gasteiger partial charge in [-0.15, -0.1) is 0 Å². The smallest absolute Gasteiger partial charge is 0.438 e. The Balaban J connectivity index is 1.81. The maximum atomic E-state index is 13.6. The molecule has 0 radical (unpaired) electrons. The van der Waals surface area contributed by atoms with Gasteiger partial charge in [-0.3, -0.25) is 4.79 Å². The van der Waals surface area contributed by atoms with E-state index >= 15 is 0 Å². The number of hydrogen-bond acceptors (Lipinski definition) is 6. The van der Waals surface area contributed by atoms with E-state index < -0.39 is 30.8 Å². The third kappa shape index (κ3) is 4.18. The Kier molecular flexibility index (Phi) is 5.88. The molecule has 160 valence electrons. The summed E-state index contributed by atoms with van der Waals surface area (Å²) in [6, 6.07) is 12.2. The SMILES string of the molecule is COc1ccc(OCC(=O)N2N=C(c3ccc(OC)cc3)C[C@]2(O)C(F)(F)F)cc1. The number of nitrogens with zero attached hydrogens (tertiary/aromatic N) is 2. The predicted molar refractivity (Wildman–Crippen MR) is 100 cm³/mol. The van der Waals surface area contributed by atoms with Gasteiger partial charge in [0, 0.05) is 0 Å². The van der Waals surface area contributed by atoms with Crippen molar-refractivity contribution in [1.29, 1.82) is 0 Å². The number of halogens is 3. The molecule has 1 aliphatic rings. The van der Waals surface area contributed by atoms with Crippen LogP contribution in [0, 0.1) is 0 Å². The molecular formula is C20H19F3N2O5. The Hall–Kier alpha value is -3.27. The van der Waals surface area contributed by atoms with Crippen LogP contribution < -0.4 is 14.2 Å². The topological polar surface area (TPSA) is 80.6 Å². The highest BCUT2D eigenvalue weighted by atomic mass is 19.4. The van der Waals surface area contributed by atoms with Crippen molar-refractivity contribution in [3.05, 3.63) is 54.1 Å². The fourth-order valence-corrected chi connectivity index (χ4v) is 2.85. The number of hydrogen-bond donors (Lipinski definition) is 1. The van der Waals surface area contributed by atoms with Crippen molar-refractivity contribution in [1.82, 2.24) is 5.01 Å². The molecule has 1 aliphatic heterocycles. The molecule has 1 heterocycles. The fraction of sp³-hybridized carbons (Fsp3) is 0.300. The van der Waals surface area contributed by atoms with Crippen LogP contribution in [0.5, 0.6) is 17.2 Å². The molecule has 2 aromatic carbocycles. The molecule has 2 aromatic rings. The van der Waals surface area contributed by atoms with Gasteiger partial charge in [-0.25, -0.2) is 0 Å². The van der Waals surface area contributed by atoms with Crippen LogP contribution >= 0.6 is 0 Å². The monoisotopic (exact) mass is 424 g/mol. The summed E-state index contributed by atoms with van der Waals surface area (Å²) in [6.45, 7) is -0.746. The van der Waals surface area contributed by atoms with Gasteiger partial charge in [0.2, 0.25) is 0 Å². The summed E-state index contributed by atoms with van der Waals surface area (Å²) >= 11 is 0. The van der Waals surface area contributed by atoms with Crippen molar-refractivity contribution in [3.63, 3.8) is 0 Å². The minimum atomic E-state index is -5.12. The van der Waals surface area contributed by atoms with E-state index in [1.54, 1.807) is 24.3 Å². The summed E-state index contributed by atoms with van der Waals surface area (Å²) in [7, 11) is 2.93. The third-order valence-electron chi connectivity index (χ3n) is 4.52. The van der Waals surface area contributed by atoms with E-state index in [0.29, 0.717) is 17.1 Å². The van der Waals surface area contributed by atoms with E-state index in [-0.39, 0.29) is 16.5 Å². The van der Waals surface area contributed by atoms with E-state index in [0.717, 1.165) is 0 Å². The van der Waals surface area contributed by atoms with Gasteiger partial charge in [0.15, 0.2) is 6.61 Å². The first-order chi connectivity index (χ1) is 14.2. The maximum Gasteiger partial charge on any atom is 0.438 e. The summed E-state index contributed by atoms with van der Waals surface area (Å²) in [6.07, 6.45) is -6.03. The van der Waals surface area contributed by atoms with Gasteiger partial charge in [-0.1, -0.05) is 0 Å². The van der Waals surface area contributed by atoms with Gasteiger partial charge >= 0.3 is 6.18 Å². The molecule has 1 N–H and O–H groups in total. The number of carbonyl (C=O) groups is 1. The van der Waals surface area contributed by atoms with Crippen LogP contribution in [0.3, 0.4) is 0 Å². The van der Waals surface area contributed by atoms with Crippen LogP contribution in [-0.4, -0.2) is 54.5 Å². The number of benzene rings is 2. The van der Waals surface area contributed by atoms with Crippen molar-refractivity contribution < 1.29 is 37.3 Å². The molecule has 0 saturated carbocycles. The summed E-state index contributed by atoms with van der Waals surface area (Å²) in [5.74, 6) is 0.157. The van der Waals surface area contributed by atoms with E-state index in [1.165, 1.54) is 38.5 Å². The molecule has 0 unspecified atom stereocenters. The highest BCUT2D eigenvalue weighted by Gasteiger charge is 2.63. The Morgan fingerprint density at radius 3 is 2.03 bits per heavy atom. The Bertz CT molecular complexity index is 929. The van der Waals surface area contributed by atoms with Crippen molar-refractivity contribution in [2.45, 2.75) is 18.3 Å². The minimum Gasteiger partial charge on any atom is -0.497 e. The number of alkyl halides is 3. The van der Waals surface area contributed by atoms with Crippen LogP contribution in [0.2, 0.25) is 0 Å². The molecule has 1 atom stereocenters. The second kappa shape index (κ2) is 8.23. The molecule has 3 rings (SSSR count). The van der Waals surface area contributed by atoms with Gasteiger partial charge in [-0.2, -0.15) is 23.3 Å². The van der Waals surface area contributed by atoms with Crippen molar-refractivity contribution in [3.8, 4) is 17.2 Å². The normalized spacial score (nSPS) is 18.7. The number of ether oxygens (including phenoxy) is 3.